The van der Waals surface area contributed by atoms with Crippen molar-refractivity contribution in [2.45, 2.75) is 44.2 Å². The third-order valence-electron chi connectivity index (χ3n) is 4.44. The molecule has 1 amide bonds. The van der Waals surface area contributed by atoms with Crippen molar-refractivity contribution < 1.29 is 9.18 Å². The fourth-order valence-corrected chi connectivity index (χ4v) is 3.55. The molecular weight excluding hydrogens is 269 g/mol. The first kappa shape index (κ1) is 14.0. The lowest BCUT2D eigenvalue weighted by molar-refractivity contribution is -0.117. The van der Waals surface area contributed by atoms with Crippen LogP contribution in [0, 0.1) is 23.1 Å². The van der Waals surface area contributed by atoms with E-state index in [9.17, 15) is 9.18 Å². The monoisotopic (exact) mass is 287 g/mol. The molecule has 2 fully saturated rings. The second kappa shape index (κ2) is 5.82. The van der Waals surface area contributed by atoms with Crippen LogP contribution >= 0.6 is 0 Å². The number of benzene rings is 1. The maximum Gasteiger partial charge on any atom is 0.224 e. The quantitative estimate of drug-likeness (QED) is 0.898. The van der Waals surface area contributed by atoms with Crippen molar-refractivity contribution in [2.75, 3.05) is 5.32 Å². The van der Waals surface area contributed by atoms with Crippen molar-refractivity contribution in [3.63, 3.8) is 0 Å². The summed E-state index contributed by atoms with van der Waals surface area (Å²) in [5, 5.41) is 15.2. The molecule has 2 heterocycles. The largest absolute Gasteiger partial charge is 0.325 e. The number of halogens is 1. The highest BCUT2D eigenvalue weighted by Gasteiger charge is 2.34. The van der Waals surface area contributed by atoms with E-state index in [0.29, 0.717) is 24.4 Å². The highest BCUT2D eigenvalue weighted by atomic mass is 19.1. The SMILES string of the molecule is N#Cc1c(F)cccc1NC(=O)CC1CC2CCC(C1)N2. The maximum absolute atomic E-state index is 13.5. The lowest BCUT2D eigenvalue weighted by atomic mass is 9.89. The van der Waals surface area contributed by atoms with Gasteiger partial charge in [-0.2, -0.15) is 5.26 Å². The molecule has 2 atom stereocenters. The number of hydrogen-bond acceptors (Lipinski definition) is 3. The lowest BCUT2D eigenvalue weighted by Crippen LogP contribution is -2.39. The van der Waals surface area contributed by atoms with Gasteiger partial charge in [0, 0.05) is 18.5 Å². The fourth-order valence-electron chi connectivity index (χ4n) is 3.55. The zero-order chi connectivity index (χ0) is 14.8. The van der Waals surface area contributed by atoms with Crippen LogP contribution in [0.1, 0.15) is 37.7 Å². The summed E-state index contributed by atoms with van der Waals surface area (Å²) in [6.07, 6.45) is 4.89. The van der Waals surface area contributed by atoms with Crippen LogP contribution in [-0.4, -0.2) is 18.0 Å². The molecule has 5 heteroatoms. The van der Waals surface area contributed by atoms with Gasteiger partial charge in [-0.3, -0.25) is 4.79 Å². The molecule has 4 nitrogen and oxygen atoms in total. The van der Waals surface area contributed by atoms with Gasteiger partial charge in [-0.05, 0) is 43.7 Å². The van der Waals surface area contributed by atoms with Crippen LogP contribution in [0.3, 0.4) is 0 Å². The molecule has 2 N–H and O–H groups in total. The van der Waals surface area contributed by atoms with Crippen LogP contribution < -0.4 is 10.6 Å². The summed E-state index contributed by atoms with van der Waals surface area (Å²) in [5.74, 6) is -0.360. The second-order valence-corrected chi connectivity index (χ2v) is 6.00. The average Bonchev–Trinajstić information content (AvgIpc) is 2.78. The first-order valence-corrected chi connectivity index (χ1v) is 7.40. The maximum atomic E-state index is 13.5. The van der Waals surface area contributed by atoms with Gasteiger partial charge in [0.05, 0.1) is 5.69 Å². The van der Waals surface area contributed by atoms with E-state index in [1.165, 1.54) is 25.0 Å². The van der Waals surface area contributed by atoms with E-state index in [1.54, 1.807) is 12.1 Å². The number of carbonyl (C=O) groups excluding carboxylic acids is 1. The van der Waals surface area contributed by atoms with E-state index >= 15 is 0 Å². The number of hydrogen-bond donors (Lipinski definition) is 2. The summed E-state index contributed by atoms with van der Waals surface area (Å²) >= 11 is 0. The van der Waals surface area contributed by atoms with Crippen LogP contribution in [0.4, 0.5) is 10.1 Å². The number of nitriles is 1. The summed E-state index contributed by atoms with van der Waals surface area (Å²) in [6, 6.07) is 7.17. The summed E-state index contributed by atoms with van der Waals surface area (Å²) in [6.45, 7) is 0. The molecule has 0 saturated carbocycles. The predicted octanol–water partition coefficient (Wildman–Crippen LogP) is 2.56. The molecule has 0 aliphatic carbocycles. The van der Waals surface area contributed by atoms with E-state index in [4.69, 9.17) is 5.26 Å². The molecule has 2 bridgehead atoms. The number of carbonyl (C=O) groups is 1. The van der Waals surface area contributed by atoms with E-state index < -0.39 is 5.82 Å². The van der Waals surface area contributed by atoms with E-state index in [-0.39, 0.29) is 17.2 Å². The standard InChI is InChI=1S/C16H18FN3O/c17-14-2-1-3-15(13(14)9-18)20-16(21)8-10-6-11-4-5-12(7-10)19-11/h1-3,10-12,19H,4-8H2,(H,20,21). The van der Waals surface area contributed by atoms with E-state index in [2.05, 4.69) is 10.6 Å². The molecule has 1 aromatic carbocycles. The Morgan fingerprint density at radius 1 is 1.38 bits per heavy atom. The van der Waals surface area contributed by atoms with Gasteiger partial charge in [-0.25, -0.2) is 4.39 Å². The van der Waals surface area contributed by atoms with Crippen LogP contribution in [0.2, 0.25) is 0 Å². The van der Waals surface area contributed by atoms with Gasteiger partial charge in [0.1, 0.15) is 17.4 Å². The predicted molar refractivity (Wildman–Crippen MR) is 77.0 cm³/mol. The number of piperidine rings is 1. The van der Waals surface area contributed by atoms with Gasteiger partial charge in [0.15, 0.2) is 0 Å². The Balaban J connectivity index is 1.62. The minimum absolute atomic E-state index is 0.101. The Morgan fingerprint density at radius 3 is 2.76 bits per heavy atom. The van der Waals surface area contributed by atoms with Crippen molar-refractivity contribution >= 4 is 11.6 Å². The zero-order valence-corrected chi connectivity index (χ0v) is 11.7. The second-order valence-electron chi connectivity index (χ2n) is 6.00. The Labute approximate surface area is 123 Å². The lowest BCUT2D eigenvalue weighted by Gasteiger charge is -2.28. The van der Waals surface area contributed by atoms with Gasteiger partial charge in [-0.15, -0.1) is 0 Å². The Hall–Kier alpha value is -1.93. The Kier molecular flexibility index (Phi) is 3.89. The number of nitrogens with one attached hydrogen (secondary N) is 2. The number of rotatable bonds is 3. The van der Waals surface area contributed by atoms with Gasteiger partial charge in [0.25, 0.3) is 0 Å². The van der Waals surface area contributed by atoms with Gasteiger partial charge < -0.3 is 10.6 Å². The molecule has 2 aliphatic rings. The van der Waals surface area contributed by atoms with Crippen molar-refractivity contribution in [3.8, 4) is 6.07 Å². The molecule has 3 rings (SSSR count). The number of amides is 1. The fraction of sp³-hybridized carbons (Fsp3) is 0.500. The minimum Gasteiger partial charge on any atom is -0.325 e. The van der Waals surface area contributed by atoms with Crippen LogP contribution in [0.15, 0.2) is 18.2 Å². The van der Waals surface area contributed by atoms with Crippen LogP contribution in [0.5, 0.6) is 0 Å². The van der Waals surface area contributed by atoms with Crippen molar-refractivity contribution in [1.29, 1.82) is 5.26 Å². The summed E-state index contributed by atoms with van der Waals surface area (Å²) in [7, 11) is 0. The minimum atomic E-state index is -0.602. The highest BCUT2D eigenvalue weighted by Crippen LogP contribution is 2.33. The zero-order valence-electron chi connectivity index (χ0n) is 11.7. The summed E-state index contributed by atoms with van der Waals surface area (Å²) < 4.78 is 13.5. The van der Waals surface area contributed by atoms with Crippen LogP contribution in [0.25, 0.3) is 0 Å². The first-order chi connectivity index (χ1) is 10.2. The molecule has 110 valence electrons. The van der Waals surface area contributed by atoms with Gasteiger partial charge in [-0.1, -0.05) is 6.07 Å². The molecule has 0 spiro atoms. The molecule has 1 aromatic rings. The average molecular weight is 287 g/mol. The smallest absolute Gasteiger partial charge is 0.224 e. The van der Waals surface area contributed by atoms with E-state index in [0.717, 1.165) is 12.8 Å². The van der Waals surface area contributed by atoms with Crippen LogP contribution in [-0.2, 0) is 4.79 Å². The number of nitrogens with zero attached hydrogens (tertiary/aromatic N) is 1. The molecule has 0 radical (unpaired) electrons. The van der Waals surface area contributed by atoms with Crippen molar-refractivity contribution in [2.24, 2.45) is 5.92 Å². The topological polar surface area (TPSA) is 64.9 Å². The molecule has 21 heavy (non-hydrogen) atoms. The number of fused-ring (bicyclic) bond motifs is 2. The van der Waals surface area contributed by atoms with Crippen molar-refractivity contribution in [3.05, 3.63) is 29.6 Å². The summed E-state index contributed by atoms with van der Waals surface area (Å²) in [4.78, 5) is 12.1. The molecule has 2 saturated heterocycles. The number of anilines is 1. The Morgan fingerprint density at radius 2 is 2.10 bits per heavy atom. The summed E-state index contributed by atoms with van der Waals surface area (Å²) in [5.41, 5.74) is 0.163. The molecule has 2 unspecified atom stereocenters. The van der Waals surface area contributed by atoms with E-state index in [1.807, 2.05) is 0 Å². The molecular formula is C16H18FN3O. The molecule has 0 aromatic heterocycles. The van der Waals surface area contributed by atoms with Gasteiger partial charge in [0.2, 0.25) is 5.91 Å². The third kappa shape index (κ3) is 3.06. The van der Waals surface area contributed by atoms with Gasteiger partial charge >= 0.3 is 0 Å². The first-order valence-electron chi connectivity index (χ1n) is 7.40. The Bertz CT molecular complexity index is 584. The van der Waals surface area contributed by atoms with Crippen molar-refractivity contribution in [1.82, 2.24) is 5.32 Å². The third-order valence-corrected chi connectivity index (χ3v) is 4.44. The highest BCUT2D eigenvalue weighted by molar-refractivity contribution is 5.92. The normalized spacial score (nSPS) is 27.1. The molecule has 2 aliphatic heterocycles.